The first-order chi connectivity index (χ1) is 9.05. The van der Waals surface area contributed by atoms with Gasteiger partial charge in [0.1, 0.15) is 5.75 Å². The summed E-state index contributed by atoms with van der Waals surface area (Å²) >= 11 is 0. The van der Waals surface area contributed by atoms with Gasteiger partial charge in [-0.3, -0.25) is 0 Å². The second kappa shape index (κ2) is 7.50. The van der Waals surface area contributed by atoms with Gasteiger partial charge in [-0.1, -0.05) is 26.7 Å². The van der Waals surface area contributed by atoms with E-state index < -0.39 is 10.0 Å². The van der Waals surface area contributed by atoms with E-state index in [4.69, 9.17) is 4.74 Å². The third-order valence-electron chi connectivity index (χ3n) is 3.02. The van der Waals surface area contributed by atoms with E-state index in [1.807, 2.05) is 6.92 Å². The number of sulfonamides is 1. The van der Waals surface area contributed by atoms with Gasteiger partial charge in [-0.25, -0.2) is 13.1 Å². The average molecular weight is 285 g/mol. The molecule has 0 spiro atoms. The maximum atomic E-state index is 12.1. The largest absolute Gasteiger partial charge is 0.496 e. The highest BCUT2D eigenvalue weighted by atomic mass is 32.2. The van der Waals surface area contributed by atoms with E-state index in [-0.39, 0.29) is 0 Å². The van der Waals surface area contributed by atoms with Gasteiger partial charge in [-0.15, -0.1) is 0 Å². The number of ether oxygens (including phenoxy) is 1. The monoisotopic (exact) mass is 285 g/mol. The van der Waals surface area contributed by atoms with Gasteiger partial charge >= 0.3 is 0 Å². The van der Waals surface area contributed by atoms with Crippen molar-refractivity contribution in [2.24, 2.45) is 0 Å². The van der Waals surface area contributed by atoms with Gasteiger partial charge in [0.2, 0.25) is 10.0 Å². The maximum Gasteiger partial charge on any atom is 0.240 e. The summed E-state index contributed by atoms with van der Waals surface area (Å²) in [5.74, 6) is 0.729. The molecule has 0 saturated heterocycles. The Morgan fingerprint density at radius 3 is 2.53 bits per heavy atom. The quantitative estimate of drug-likeness (QED) is 0.747. The minimum absolute atomic E-state index is 0.307. The van der Waals surface area contributed by atoms with Gasteiger partial charge in [0, 0.05) is 6.54 Å². The molecule has 1 rings (SSSR count). The Morgan fingerprint density at radius 2 is 1.95 bits per heavy atom. The van der Waals surface area contributed by atoms with Crippen LogP contribution in [0.3, 0.4) is 0 Å². The van der Waals surface area contributed by atoms with Crippen molar-refractivity contribution in [1.82, 2.24) is 4.72 Å². The Hall–Kier alpha value is -1.07. The SMILES string of the molecule is CCCCCNS(=O)(=O)c1ccc(OC)c(CC)c1. The summed E-state index contributed by atoms with van der Waals surface area (Å²) in [5.41, 5.74) is 0.902. The molecule has 5 heteroatoms. The number of aryl methyl sites for hydroxylation is 1. The number of benzene rings is 1. The fourth-order valence-corrected chi connectivity index (χ4v) is 2.99. The predicted octanol–water partition coefficient (Wildman–Crippen LogP) is 2.73. The van der Waals surface area contributed by atoms with Crippen LogP contribution >= 0.6 is 0 Å². The average Bonchev–Trinajstić information content (AvgIpc) is 2.42. The van der Waals surface area contributed by atoms with E-state index >= 15 is 0 Å². The Morgan fingerprint density at radius 1 is 1.21 bits per heavy atom. The van der Waals surface area contributed by atoms with E-state index in [0.29, 0.717) is 11.4 Å². The number of methoxy groups -OCH3 is 1. The van der Waals surface area contributed by atoms with Crippen LogP contribution in [0.25, 0.3) is 0 Å². The normalized spacial score (nSPS) is 11.5. The lowest BCUT2D eigenvalue weighted by Crippen LogP contribution is -2.24. The fraction of sp³-hybridized carbons (Fsp3) is 0.571. The summed E-state index contributed by atoms with van der Waals surface area (Å²) in [5, 5.41) is 0. The zero-order valence-electron chi connectivity index (χ0n) is 11.9. The molecule has 4 nitrogen and oxygen atoms in total. The molecule has 0 bridgehead atoms. The van der Waals surface area contributed by atoms with Gasteiger partial charge in [0.15, 0.2) is 0 Å². The van der Waals surface area contributed by atoms with Crippen LogP contribution in [0.4, 0.5) is 0 Å². The first kappa shape index (κ1) is 16.0. The first-order valence-corrected chi connectivity index (χ1v) is 8.20. The molecule has 19 heavy (non-hydrogen) atoms. The molecule has 0 aliphatic heterocycles. The van der Waals surface area contributed by atoms with Crippen molar-refractivity contribution in [2.75, 3.05) is 13.7 Å². The molecule has 0 aliphatic rings. The highest BCUT2D eigenvalue weighted by molar-refractivity contribution is 7.89. The zero-order chi connectivity index (χ0) is 14.3. The minimum atomic E-state index is -3.40. The second-order valence-corrected chi connectivity index (χ2v) is 6.20. The van der Waals surface area contributed by atoms with Crippen molar-refractivity contribution in [3.63, 3.8) is 0 Å². The fourth-order valence-electron chi connectivity index (χ4n) is 1.86. The lowest BCUT2D eigenvalue weighted by atomic mass is 10.1. The van der Waals surface area contributed by atoms with Crippen molar-refractivity contribution in [1.29, 1.82) is 0 Å². The van der Waals surface area contributed by atoms with E-state index in [1.165, 1.54) is 0 Å². The molecule has 108 valence electrons. The summed E-state index contributed by atoms with van der Waals surface area (Å²) in [6.45, 7) is 4.55. The third-order valence-corrected chi connectivity index (χ3v) is 4.47. The van der Waals surface area contributed by atoms with Gasteiger partial charge in [0.05, 0.1) is 12.0 Å². The number of rotatable bonds is 8. The highest BCUT2D eigenvalue weighted by Crippen LogP contribution is 2.22. The van der Waals surface area contributed by atoms with Crippen molar-refractivity contribution < 1.29 is 13.2 Å². The number of hydrogen-bond acceptors (Lipinski definition) is 3. The lowest BCUT2D eigenvalue weighted by molar-refractivity contribution is 0.409. The van der Waals surface area contributed by atoms with Crippen molar-refractivity contribution in [2.45, 2.75) is 44.4 Å². The van der Waals surface area contributed by atoms with Crippen molar-refractivity contribution in [3.05, 3.63) is 23.8 Å². The van der Waals surface area contributed by atoms with Gasteiger partial charge in [-0.05, 0) is 36.6 Å². The summed E-state index contributed by atoms with van der Waals surface area (Å²) in [6.07, 6.45) is 3.71. The Labute approximate surface area is 116 Å². The summed E-state index contributed by atoms with van der Waals surface area (Å²) < 4.78 is 32.1. The Kier molecular flexibility index (Phi) is 6.31. The summed E-state index contributed by atoms with van der Waals surface area (Å²) in [6, 6.07) is 4.97. The molecule has 1 aromatic rings. The van der Waals surface area contributed by atoms with Crippen molar-refractivity contribution >= 4 is 10.0 Å². The predicted molar refractivity (Wildman–Crippen MR) is 77.1 cm³/mol. The molecule has 0 saturated carbocycles. The smallest absolute Gasteiger partial charge is 0.240 e. The van der Waals surface area contributed by atoms with Gasteiger partial charge in [-0.2, -0.15) is 0 Å². The molecule has 0 fully saturated rings. The topological polar surface area (TPSA) is 55.4 Å². The molecule has 0 heterocycles. The van der Waals surface area contributed by atoms with Gasteiger partial charge in [0.25, 0.3) is 0 Å². The Balaban J connectivity index is 2.83. The van der Waals surface area contributed by atoms with E-state index in [2.05, 4.69) is 11.6 Å². The van der Waals surface area contributed by atoms with E-state index in [9.17, 15) is 8.42 Å². The van der Waals surface area contributed by atoms with Gasteiger partial charge < -0.3 is 4.74 Å². The first-order valence-electron chi connectivity index (χ1n) is 6.71. The van der Waals surface area contributed by atoms with Crippen LogP contribution in [0.15, 0.2) is 23.1 Å². The number of unbranched alkanes of at least 4 members (excludes halogenated alkanes) is 2. The molecule has 0 amide bonds. The standard InChI is InChI=1S/C14H23NO3S/c1-4-6-7-10-15-19(16,17)13-8-9-14(18-3)12(5-2)11-13/h8-9,11,15H,4-7,10H2,1-3H3. The summed E-state index contributed by atoms with van der Waals surface area (Å²) in [7, 11) is -1.81. The maximum absolute atomic E-state index is 12.1. The zero-order valence-corrected chi connectivity index (χ0v) is 12.7. The van der Waals surface area contributed by atoms with Crippen LogP contribution in [-0.2, 0) is 16.4 Å². The number of hydrogen-bond donors (Lipinski definition) is 1. The molecule has 1 aromatic carbocycles. The van der Waals surface area contributed by atoms with Crippen LogP contribution in [0.5, 0.6) is 5.75 Å². The van der Waals surface area contributed by atoms with E-state index in [1.54, 1.807) is 25.3 Å². The van der Waals surface area contributed by atoms with E-state index in [0.717, 1.165) is 37.0 Å². The summed E-state index contributed by atoms with van der Waals surface area (Å²) in [4.78, 5) is 0.307. The Bertz CT molecular complexity index is 497. The van der Waals surface area contributed by atoms with Crippen LogP contribution in [0, 0.1) is 0 Å². The molecule has 0 aromatic heterocycles. The highest BCUT2D eigenvalue weighted by Gasteiger charge is 2.15. The third kappa shape index (κ3) is 4.51. The molecule has 0 unspecified atom stereocenters. The van der Waals surface area contributed by atoms with Crippen LogP contribution < -0.4 is 9.46 Å². The van der Waals surface area contributed by atoms with Crippen LogP contribution in [0.2, 0.25) is 0 Å². The molecule has 0 radical (unpaired) electrons. The molecule has 0 aliphatic carbocycles. The number of nitrogens with one attached hydrogen (secondary N) is 1. The second-order valence-electron chi connectivity index (χ2n) is 4.43. The molecular weight excluding hydrogens is 262 g/mol. The van der Waals surface area contributed by atoms with Crippen LogP contribution in [-0.4, -0.2) is 22.1 Å². The molecule has 1 N–H and O–H groups in total. The molecule has 0 atom stereocenters. The van der Waals surface area contributed by atoms with Crippen LogP contribution in [0.1, 0.15) is 38.7 Å². The molecular formula is C14H23NO3S. The lowest BCUT2D eigenvalue weighted by Gasteiger charge is -2.10. The minimum Gasteiger partial charge on any atom is -0.496 e. The van der Waals surface area contributed by atoms with Crippen molar-refractivity contribution in [3.8, 4) is 5.75 Å².